The Morgan fingerprint density at radius 3 is 1.69 bits per heavy atom. The van der Waals surface area contributed by atoms with Gasteiger partial charge < -0.3 is 24.8 Å². The molecule has 0 aliphatic carbocycles. The second-order valence-corrected chi connectivity index (χ2v) is 39.1. The summed E-state index contributed by atoms with van der Waals surface area (Å²) in [6.45, 7) is 0. The minimum Gasteiger partial charge on any atom is -1.00 e. The summed E-state index contributed by atoms with van der Waals surface area (Å²) in [5, 5.41) is 0. The van der Waals surface area contributed by atoms with Crippen molar-refractivity contribution >= 4 is 76.5 Å². The van der Waals surface area contributed by atoms with Gasteiger partial charge in [-0.3, -0.25) is 0 Å². The van der Waals surface area contributed by atoms with Crippen LogP contribution in [0.2, 0.25) is 0 Å². The fourth-order valence-corrected chi connectivity index (χ4v) is 62.6. The summed E-state index contributed by atoms with van der Waals surface area (Å²) in [5.41, 5.74) is 0. The van der Waals surface area contributed by atoms with E-state index in [0.717, 1.165) is 0 Å². The molecule has 13 heavy (non-hydrogen) atoms. The van der Waals surface area contributed by atoms with E-state index in [4.69, 9.17) is 0 Å². The van der Waals surface area contributed by atoms with Gasteiger partial charge in [0.15, 0.2) is 0 Å². The molecule has 0 unspecified atom stereocenters. The zero-order chi connectivity index (χ0) is 7.52. The van der Waals surface area contributed by atoms with Crippen molar-refractivity contribution < 1.29 is 48.0 Å². The van der Waals surface area contributed by atoms with Crippen LogP contribution in [0.4, 0.5) is 0 Å². The monoisotopic (exact) mass is 806 g/mol. The van der Waals surface area contributed by atoms with Gasteiger partial charge in [-0.05, 0) is 0 Å². The van der Waals surface area contributed by atoms with Gasteiger partial charge in [0, 0.05) is 0 Å². The molecule has 68 valence electrons. The molecule has 2 aliphatic rings. The quantitative estimate of drug-likeness (QED) is 0.244. The Morgan fingerprint density at radius 2 is 1.38 bits per heavy atom. The Hall–Kier alpha value is 3.57. The first-order valence-electron chi connectivity index (χ1n) is 3.21. The van der Waals surface area contributed by atoms with E-state index in [0.29, 0.717) is 30.6 Å². The molecule has 0 aromatic carbocycles. The molecule has 0 spiro atoms. The van der Waals surface area contributed by atoms with Gasteiger partial charge in [0.05, 0.1) is 0 Å². The van der Waals surface area contributed by atoms with Crippen molar-refractivity contribution in [3.63, 3.8) is 0 Å². The summed E-state index contributed by atoms with van der Waals surface area (Å²) in [6.07, 6.45) is 0. The van der Waals surface area contributed by atoms with Gasteiger partial charge in [-0.25, -0.2) is 0 Å². The Labute approximate surface area is 138 Å². The van der Waals surface area contributed by atoms with Crippen molar-refractivity contribution in [1.82, 2.24) is 0 Å². The van der Waals surface area contributed by atoms with Crippen molar-refractivity contribution in [3.05, 3.63) is 17.3 Å². The predicted molar refractivity (Wildman–Crippen MR) is 54.1 cm³/mol. The van der Waals surface area contributed by atoms with E-state index in [1.165, 1.54) is 0 Å². The van der Waals surface area contributed by atoms with E-state index < -0.39 is 0 Å². The van der Waals surface area contributed by atoms with Crippen molar-refractivity contribution in [2.45, 2.75) is 0 Å². The number of hydrogen-bond acceptors (Lipinski definition) is 0. The van der Waals surface area contributed by atoms with Crippen molar-refractivity contribution in [2.24, 2.45) is 0 Å². The maximum absolute atomic E-state index is 2.60. The second-order valence-electron chi connectivity index (χ2n) is 2.00. The van der Waals surface area contributed by atoms with Gasteiger partial charge in [-0.15, -0.1) is 0 Å². The summed E-state index contributed by atoms with van der Waals surface area (Å²) in [5.74, 6) is 0. The first-order valence-corrected chi connectivity index (χ1v) is 18.1. The van der Waals surface area contributed by atoms with Crippen LogP contribution in [0.15, 0.2) is 17.3 Å². The van der Waals surface area contributed by atoms with E-state index >= 15 is 0 Å². The Bertz CT molecular complexity index is 260. The number of hydrogen-bond donors (Lipinski definition) is 0. The largest absolute Gasteiger partial charge is 1.00 e. The zero-order valence-electron chi connectivity index (χ0n) is 6.46. The first-order chi connectivity index (χ1) is 5.45. The molecule has 0 atom stereocenters. The minimum atomic E-state index is -0.177. The number of halogens is 2. The fraction of sp³-hybridized carbons (Fsp3) is 0. The summed E-state index contributed by atoms with van der Waals surface area (Å²) >= 11 is 1.07. The number of rotatable bonds is 2. The van der Waals surface area contributed by atoms with Gasteiger partial charge in [-0.2, -0.15) is 0 Å². The van der Waals surface area contributed by atoms with Crippen molar-refractivity contribution in [3.8, 4) is 0 Å². The topological polar surface area (TPSA) is 0 Å². The van der Waals surface area contributed by atoms with Gasteiger partial charge in [0.1, 0.15) is 0 Å². The summed E-state index contributed by atoms with van der Waals surface area (Å²) in [4.78, 5) is 5.09. The SMILES string of the molecule is C1=[CH][BiH][C]([Zr+2][C]2=[As]C=[CH][BiH]2)=[As]1.[Cl-].[Cl-]. The molecule has 2 rings (SSSR count). The molecular weight excluding hydrogens is 802 g/mol. The molecule has 0 fully saturated rings. The molecule has 0 radical (unpaired) electrons. The molecule has 0 aromatic rings. The summed E-state index contributed by atoms with van der Waals surface area (Å²) < 4.78 is 9.69. The minimum absolute atomic E-state index is 0. The molecule has 0 N–H and O–H groups in total. The zero-order valence-corrected chi connectivity index (χ0v) is 22.0. The van der Waals surface area contributed by atoms with E-state index in [2.05, 4.69) is 16.7 Å². The van der Waals surface area contributed by atoms with Crippen LogP contribution in [0.1, 0.15) is 0 Å². The normalized spacial score (nSPS) is 19.4. The van der Waals surface area contributed by atoms with Crippen LogP contribution in [-0.4, -0.2) is 76.5 Å². The molecule has 0 nitrogen and oxygen atoms in total. The van der Waals surface area contributed by atoms with Crippen LogP contribution in [-0.2, 0) is 23.2 Å². The molecule has 2 heterocycles. The molecule has 7 heteroatoms. The van der Waals surface area contributed by atoms with E-state index in [9.17, 15) is 0 Å². The van der Waals surface area contributed by atoms with Crippen LogP contribution >= 0.6 is 0 Å². The smallest absolute Gasteiger partial charge is 1.00 e. The summed E-state index contributed by atoms with van der Waals surface area (Å²) in [7, 11) is 0. The fourth-order valence-electron chi connectivity index (χ4n) is 0.779. The van der Waals surface area contributed by atoms with E-state index in [1.54, 1.807) is 0 Å². The van der Waals surface area contributed by atoms with Gasteiger partial charge in [0.25, 0.3) is 0 Å². The summed E-state index contributed by atoms with van der Waals surface area (Å²) in [6, 6.07) is 0. The van der Waals surface area contributed by atoms with Gasteiger partial charge in [-0.1, -0.05) is 0 Å². The maximum Gasteiger partial charge on any atom is -1.00 e. The third kappa shape index (κ3) is 6.16. The van der Waals surface area contributed by atoms with Crippen molar-refractivity contribution in [2.75, 3.05) is 0 Å². The maximum atomic E-state index is 2.60. The molecule has 0 bridgehead atoms. The first kappa shape index (κ1) is 16.6. The van der Waals surface area contributed by atoms with E-state index in [-0.39, 0.29) is 94.5 Å². The average Bonchev–Trinajstić information content (AvgIpc) is 2.60. The Balaban J connectivity index is 0.000000720. The molecule has 0 aromatic heterocycles. The molecule has 0 saturated carbocycles. The molecule has 0 amide bonds. The van der Waals surface area contributed by atoms with Crippen LogP contribution in [0, 0.1) is 0 Å². The molecule has 2 aliphatic heterocycles. The predicted octanol–water partition coefficient (Wildman–Crippen LogP) is -7.50. The van der Waals surface area contributed by atoms with Crippen LogP contribution in [0.25, 0.3) is 0 Å². The van der Waals surface area contributed by atoms with Crippen LogP contribution < -0.4 is 24.8 Å². The van der Waals surface area contributed by atoms with Crippen molar-refractivity contribution in [1.29, 1.82) is 0 Å². The third-order valence-electron chi connectivity index (χ3n) is 1.23. The average molecular weight is 808 g/mol. The van der Waals surface area contributed by atoms with Gasteiger partial charge >= 0.3 is 117 Å². The Morgan fingerprint density at radius 1 is 0.923 bits per heavy atom. The second kappa shape index (κ2) is 9.58. The van der Waals surface area contributed by atoms with E-state index in [1.807, 2.05) is 0 Å². The Kier molecular flexibility index (Phi) is 12.2. The van der Waals surface area contributed by atoms with Crippen LogP contribution in [0.5, 0.6) is 0 Å². The molecule has 0 saturated heterocycles. The molecular formula is C6H6As2Bi2Cl2Zr. The third-order valence-corrected chi connectivity index (χ3v) is 42.2. The standard InChI is InChI=1S/2C3H2As.2Bi.2ClH.Zr.2H/c2*1-3-4-2;;;;;;;/h2*1,3H;;;2*1H;;;/q;;;;;;+2;;/p-2. The van der Waals surface area contributed by atoms with Crippen LogP contribution in [0.3, 0.4) is 0 Å². The van der Waals surface area contributed by atoms with Gasteiger partial charge in [0.2, 0.25) is 0 Å².